The molecule has 1 saturated carbocycles. The van der Waals surface area contributed by atoms with Crippen molar-refractivity contribution in [2.45, 2.75) is 64.4 Å². The monoisotopic (exact) mass is 481 g/mol. The molecule has 4 rings (SSSR count). The summed E-state index contributed by atoms with van der Waals surface area (Å²) in [6.07, 6.45) is 8.48. The van der Waals surface area contributed by atoms with Gasteiger partial charge in [0.25, 0.3) is 5.56 Å². The molecule has 6 heteroatoms. The Bertz CT molecular complexity index is 1150. The molecule has 1 aliphatic carbocycles. The molecule has 1 aliphatic rings. The first kappa shape index (κ1) is 21.8. The number of ether oxygens (including phenoxy) is 1. The fourth-order valence-electron chi connectivity index (χ4n) is 4.01. The summed E-state index contributed by atoms with van der Waals surface area (Å²) < 4.78 is 8.29. The summed E-state index contributed by atoms with van der Waals surface area (Å²) in [5.41, 5.74) is 1.48. The molecule has 1 aromatic heterocycles. The normalized spacial score (nSPS) is 16.1. The van der Waals surface area contributed by atoms with Crippen molar-refractivity contribution in [2.75, 3.05) is 0 Å². The Hall–Kier alpha value is -2.47. The van der Waals surface area contributed by atoms with Crippen molar-refractivity contribution >= 4 is 33.0 Å². The van der Waals surface area contributed by atoms with Crippen molar-refractivity contribution < 1.29 is 4.74 Å². The Morgan fingerprint density at radius 1 is 1.23 bits per heavy atom. The summed E-state index contributed by atoms with van der Waals surface area (Å²) in [6.45, 7) is 4.15. The van der Waals surface area contributed by atoms with Crippen LogP contribution < -0.4 is 10.3 Å². The van der Waals surface area contributed by atoms with E-state index in [0.717, 1.165) is 59.2 Å². The van der Waals surface area contributed by atoms with E-state index in [1.54, 1.807) is 6.21 Å². The molecule has 0 N–H and O–H groups in total. The van der Waals surface area contributed by atoms with E-state index in [1.807, 2.05) is 42.5 Å². The minimum atomic E-state index is -0.130. The molecule has 0 aliphatic heterocycles. The van der Waals surface area contributed by atoms with E-state index in [0.29, 0.717) is 5.39 Å². The van der Waals surface area contributed by atoms with E-state index < -0.39 is 0 Å². The van der Waals surface area contributed by atoms with E-state index in [-0.39, 0.29) is 17.6 Å². The Kier molecular flexibility index (Phi) is 6.86. The van der Waals surface area contributed by atoms with Crippen LogP contribution in [-0.2, 0) is 0 Å². The van der Waals surface area contributed by atoms with Crippen molar-refractivity contribution in [3.8, 4) is 5.75 Å². The molecule has 5 nitrogen and oxygen atoms in total. The predicted molar refractivity (Wildman–Crippen MR) is 129 cm³/mol. The Labute approximate surface area is 191 Å². The molecule has 31 heavy (non-hydrogen) atoms. The standard InChI is InChI=1S/C25H28BrN3O2/c1-3-17(2)31-21-11-7-8-18(14-21)16-27-29-24(19-9-5-4-6-10-19)28-23-13-12-20(26)15-22(23)25(29)30/h7-8,11-17,19H,3-6,9-10H2,1-2H3/t17-/m1/s1. The van der Waals surface area contributed by atoms with Crippen LogP contribution in [0.3, 0.4) is 0 Å². The van der Waals surface area contributed by atoms with Crippen LogP contribution in [0.2, 0.25) is 0 Å². The lowest BCUT2D eigenvalue weighted by atomic mass is 9.88. The summed E-state index contributed by atoms with van der Waals surface area (Å²) in [5.74, 6) is 1.83. The number of halogens is 1. The summed E-state index contributed by atoms with van der Waals surface area (Å²) in [4.78, 5) is 18.3. The highest BCUT2D eigenvalue weighted by atomic mass is 79.9. The SMILES string of the molecule is CC[C@@H](C)Oc1cccc(C=Nn2c(C3CCCCC3)nc3ccc(Br)cc3c2=O)c1. The average Bonchev–Trinajstić information content (AvgIpc) is 2.79. The van der Waals surface area contributed by atoms with Gasteiger partial charge in [0, 0.05) is 10.4 Å². The van der Waals surface area contributed by atoms with Gasteiger partial charge in [-0.2, -0.15) is 9.78 Å². The number of nitrogens with zero attached hydrogens (tertiary/aromatic N) is 3. The van der Waals surface area contributed by atoms with E-state index in [4.69, 9.17) is 9.72 Å². The summed E-state index contributed by atoms with van der Waals surface area (Å²) >= 11 is 3.47. The van der Waals surface area contributed by atoms with Crippen molar-refractivity contribution in [3.05, 3.63) is 68.7 Å². The van der Waals surface area contributed by atoms with E-state index >= 15 is 0 Å². The molecule has 0 bridgehead atoms. The number of rotatable bonds is 6. The summed E-state index contributed by atoms with van der Waals surface area (Å²) in [5, 5.41) is 5.19. The van der Waals surface area contributed by atoms with E-state index in [2.05, 4.69) is 34.9 Å². The summed E-state index contributed by atoms with van der Waals surface area (Å²) in [7, 11) is 0. The third kappa shape index (κ3) is 5.06. The number of benzene rings is 2. The van der Waals surface area contributed by atoms with Crippen molar-refractivity contribution in [2.24, 2.45) is 5.10 Å². The topological polar surface area (TPSA) is 56.5 Å². The highest BCUT2D eigenvalue weighted by Crippen LogP contribution is 2.32. The second-order valence-electron chi connectivity index (χ2n) is 8.24. The first-order valence-electron chi connectivity index (χ1n) is 11.1. The van der Waals surface area contributed by atoms with Crippen molar-refractivity contribution in [1.82, 2.24) is 9.66 Å². The maximum absolute atomic E-state index is 13.4. The van der Waals surface area contributed by atoms with Crippen LogP contribution in [0.25, 0.3) is 10.9 Å². The van der Waals surface area contributed by atoms with Crippen molar-refractivity contribution in [3.63, 3.8) is 0 Å². The van der Waals surface area contributed by atoms with Gasteiger partial charge in [0.2, 0.25) is 0 Å². The molecule has 1 heterocycles. The lowest BCUT2D eigenvalue weighted by molar-refractivity contribution is 0.217. The second kappa shape index (κ2) is 9.77. The zero-order chi connectivity index (χ0) is 21.8. The molecule has 0 saturated heterocycles. The molecular weight excluding hydrogens is 454 g/mol. The van der Waals surface area contributed by atoms with Crippen LogP contribution >= 0.6 is 15.9 Å². The van der Waals surface area contributed by atoms with Gasteiger partial charge >= 0.3 is 0 Å². The first-order chi connectivity index (χ1) is 15.0. The van der Waals surface area contributed by atoms with Gasteiger partial charge < -0.3 is 4.74 Å². The lowest BCUT2D eigenvalue weighted by Gasteiger charge is -2.22. The molecule has 0 spiro atoms. The van der Waals surface area contributed by atoms with Gasteiger partial charge in [-0.3, -0.25) is 4.79 Å². The molecule has 0 amide bonds. The van der Waals surface area contributed by atoms with Crippen LogP contribution in [-0.4, -0.2) is 22.0 Å². The zero-order valence-electron chi connectivity index (χ0n) is 18.1. The van der Waals surface area contributed by atoms with Crippen LogP contribution in [0.15, 0.2) is 56.8 Å². The highest BCUT2D eigenvalue weighted by Gasteiger charge is 2.22. The third-order valence-corrected chi connectivity index (χ3v) is 6.39. The number of hydrogen-bond donors (Lipinski definition) is 0. The molecule has 0 unspecified atom stereocenters. The molecule has 2 aromatic carbocycles. The second-order valence-corrected chi connectivity index (χ2v) is 9.15. The molecular formula is C25H28BrN3O2. The number of fused-ring (bicyclic) bond motifs is 1. The maximum Gasteiger partial charge on any atom is 0.282 e. The minimum Gasteiger partial charge on any atom is -0.491 e. The van der Waals surface area contributed by atoms with Gasteiger partial charge in [-0.05, 0) is 62.1 Å². The molecule has 162 valence electrons. The third-order valence-electron chi connectivity index (χ3n) is 5.90. The Balaban J connectivity index is 1.76. The minimum absolute atomic E-state index is 0.130. The van der Waals surface area contributed by atoms with Gasteiger partial charge in [-0.1, -0.05) is 54.2 Å². The Morgan fingerprint density at radius 2 is 2.03 bits per heavy atom. The van der Waals surface area contributed by atoms with Gasteiger partial charge in [0.05, 0.1) is 23.2 Å². The zero-order valence-corrected chi connectivity index (χ0v) is 19.6. The van der Waals surface area contributed by atoms with E-state index in [1.165, 1.54) is 11.1 Å². The number of aromatic nitrogens is 2. The molecule has 1 fully saturated rings. The smallest absolute Gasteiger partial charge is 0.282 e. The van der Waals surface area contributed by atoms with Crippen LogP contribution in [0.5, 0.6) is 5.75 Å². The number of hydrogen-bond acceptors (Lipinski definition) is 4. The van der Waals surface area contributed by atoms with Crippen LogP contribution in [0.4, 0.5) is 0 Å². The molecule has 3 aromatic rings. The first-order valence-corrected chi connectivity index (χ1v) is 11.9. The highest BCUT2D eigenvalue weighted by molar-refractivity contribution is 9.10. The molecule has 1 atom stereocenters. The fourth-order valence-corrected chi connectivity index (χ4v) is 4.37. The van der Waals surface area contributed by atoms with Crippen LogP contribution in [0, 0.1) is 0 Å². The molecule has 0 radical (unpaired) electrons. The predicted octanol–water partition coefficient (Wildman–Crippen LogP) is 6.27. The van der Waals surface area contributed by atoms with Crippen LogP contribution in [0.1, 0.15) is 69.7 Å². The van der Waals surface area contributed by atoms with Gasteiger partial charge in [0.15, 0.2) is 0 Å². The van der Waals surface area contributed by atoms with E-state index in [9.17, 15) is 4.79 Å². The lowest BCUT2D eigenvalue weighted by Crippen LogP contribution is -2.25. The van der Waals surface area contributed by atoms with Gasteiger partial charge in [-0.25, -0.2) is 4.98 Å². The average molecular weight is 482 g/mol. The quantitative estimate of drug-likeness (QED) is 0.390. The van der Waals surface area contributed by atoms with Crippen molar-refractivity contribution in [1.29, 1.82) is 0 Å². The maximum atomic E-state index is 13.4. The fraction of sp³-hybridized carbons (Fsp3) is 0.400. The largest absolute Gasteiger partial charge is 0.491 e. The summed E-state index contributed by atoms with van der Waals surface area (Å²) in [6, 6.07) is 13.4. The van der Waals surface area contributed by atoms with Gasteiger partial charge in [-0.15, -0.1) is 0 Å². The van der Waals surface area contributed by atoms with Gasteiger partial charge in [0.1, 0.15) is 11.6 Å². The Morgan fingerprint density at radius 3 is 2.81 bits per heavy atom.